The second-order valence-corrected chi connectivity index (χ2v) is 5.61. The van der Waals surface area contributed by atoms with Gasteiger partial charge in [-0.05, 0) is 44.5 Å². The average molecular weight is 305 g/mol. The molecule has 22 heavy (non-hydrogen) atoms. The van der Waals surface area contributed by atoms with Crippen LogP contribution in [0.3, 0.4) is 0 Å². The van der Waals surface area contributed by atoms with Gasteiger partial charge in [-0.2, -0.15) is 0 Å². The maximum atomic E-state index is 11.8. The summed E-state index contributed by atoms with van der Waals surface area (Å²) in [6.45, 7) is 3.72. The number of benzene rings is 1. The maximum absolute atomic E-state index is 11.8. The quantitative estimate of drug-likeness (QED) is 0.666. The van der Waals surface area contributed by atoms with Crippen molar-refractivity contribution in [3.05, 3.63) is 24.3 Å². The molecule has 0 spiro atoms. The van der Waals surface area contributed by atoms with E-state index in [2.05, 4.69) is 16.0 Å². The van der Waals surface area contributed by atoms with Crippen molar-refractivity contribution in [2.75, 3.05) is 10.6 Å². The number of carboxylic acids is 1. The van der Waals surface area contributed by atoms with Gasteiger partial charge in [0, 0.05) is 17.4 Å². The second kappa shape index (κ2) is 6.46. The van der Waals surface area contributed by atoms with Crippen LogP contribution in [-0.2, 0) is 9.59 Å². The summed E-state index contributed by atoms with van der Waals surface area (Å²) in [5.74, 6) is -2.24. The molecule has 0 bridgehead atoms. The Balaban J connectivity index is 1.86. The standard InChI is InChI=1S/C15H19N3O4/c1-8(2)16-15(22)18-10-5-3-9(4-6-10)17-13(19)11-7-12(11)14(20)21/h3-6,8,11-12H,7H2,1-2H3,(H,17,19)(H,20,21)(H2,16,18,22). The minimum absolute atomic E-state index is 0.0410. The van der Waals surface area contributed by atoms with E-state index in [4.69, 9.17) is 5.11 Å². The third-order valence-corrected chi connectivity index (χ3v) is 3.27. The Morgan fingerprint density at radius 2 is 1.59 bits per heavy atom. The van der Waals surface area contributed by atoms with Gasteiger partial charge in [0.1, 0.15) is 0 Å². The van der Waals surface area contributed by atoms with Gasteiger partial charge in [0.25, 0.3) is 0 Å². The fourth-order valence-electron chi connectivity index (χ4n) is 2.06. The van der Waals surface area contributed by atoms with Crippen molar-refractivity contribution in [1.29, 1.82) is 0 Å². The zero-order valence-electron chi connectivity index (χ0n) is 12.4. The van der Waals surface area contributed by atoms with Crippen molar-refractivity contribution in [3.8, 4) is 0 Å². The summed E-state index contributed by atoms with van der Waals surface area (Å²) in [5, 5.41) is 16.8. The molecular weight excluding hydrogens is 286 g/mol. The summed E-state index contributed by atoms with van der Waals surface area (Å²) in [7, 11) is 0. The van der Waals surface area contributed by atoms with E-state index in [0.29, 0.717) is 17.8 Å². The Hall–Kier alpha value is -2.57. The molecular formula is C15H19N3O4. The van der Waals surface area contributed by atoms with Gasteiger partial charge in [0.15, 0.2) is 0 Å². The number of urea groups is 1. The molecule has 118 valence electrons. The van der Waals surface area contributed by atoms with Gasteiger partial charge in [0.2, 0.25) is 5.91 Å². The molecule has 0 aliphatic heterocycles. The summed E-state index contributed by atoms with van der Waals surface area (Å²) in [6, 6.07) is 6.38. The molecule has 7 nitrogen and oxygen atoms in total. The van der Waals surface area contributed by atoms with E-state index in [1.165, 1.54) is 0 Å². The van der Waals surface area contributed by atoms with Crippen LogP contribution >= 0.6 is 0 Å². The van der Waals surface area contributed by atoms with Crippen molar-refractivity contribution in [3.63, 3.8) is 0 Å². The molecule has 1 aliphatic rings. The predicted molar refractivity (Wildman–Crippen MR) is 81.6 cm³/mol. The first-order chi connectivity index (χ1) is 10.4. The number of aliphatic carboxylic acids is 1. The second-order valence-electron chi connectivity index (χ2n) is 5.61. The van der Waals surface area contributed by atoms with E-state index in [0.717, 1.165) is 0 Å². The van der Waals surface area contributed by atoms with Crippen LogP contribution in [0.2, 0.25) is 0 Å². The van der Waals surface area contributed by atoms with E-state index in [-0.39, 0.29) is 18.0 Å². The number of amides is 3. The van der Waals surface area contributed by atoms with Crippen LogP contribution in [0.4, 0.5) is 16.2 Å². The van der Waals surface area contributed by atoms with Crippen molar-refractivity contribution < 1.29 is 19.5 Å². The molecule has 0 saturated heterocycles. The lowest BCUT2D eigenvalue weighted by Gasteiger charge is -2.11. The van der Waals surface area contributed by atoms with Gasteiger partial charge in [-0.3, -0.25) is 9.59 Å². The molecule has 1 aromatic carbocycles. The number of carbonyl (C=O) groups is 3. The van der Waals surface area contributed by atoms with Crippen LogP contribution in [-0.4, -0.2) is 29.1 Å². The normalized spacial score (nSPS) is 19.4. The van der Waals surface area contributed by atoms with Crippen molar-refractivity contribution in [2.45, 2.75) is 26.3 Å². The molecule has 0 aromatic heterocycles. The van der Waals surface area contributed by atoms with Crippen LogP contribution in [0.15, 0.2) is 24.3 Å². The van der Waals surface area contributed by atoms with Crippen LogP contribution in [0.1, 0.15) is 20.3 Å². The number of rotatable bonds is 5. The van der Waals surface area contributed by atoms with E-state index in [1.54, 1.807) is 24.3 Å². The fraction of sp³-hybridized carbons (Fsp3) is 0.400. The molecule has 2 atom stereocenters. The molecule has 1 saturated carbocycles. The fourth-order valence-corrected chi connectivity index (χ4v) is 2.06. The third kappa shape index (κ3) is 4.21. The van der Waals surface area contributed by atoms with E-state index in [9.17, 15) is 14.4 Å². The predicted octanol–water partition coefficient (Wildman–Crippen LogP) is 1.88. The van der Waals surface area contributed by atoms with Gasteiger partial charge in [-0.15, -0.1) is 0 Å². The molecule has 2 rings (SSSR count). The molecule has 0 radical (unpaired) electrons. The smallest absolute Gasteiger partial charge is 0.319 e. The van der Waals surface area contributed by atoms with Crippen molar-refractivity contribution in [1.82, 2.24) is 5.32 Å². The van der Waals surface area contributed by atoms with Crippen LogP contribution in [0, 0.1) is 11.8 Å². The SMILES string of the molecule is CC(C)NC(=O)Nc1ccc(NC(=O)C2CC2C(=O)O)cc1. The maximum Gasteiger partial charge on any atom is 0.319 e. The van der Waals surface area contributed by atoms with Gasteiger partial charge in [-0.25, -0.2) is 4.79 Å². The molecule has 4 N–H and O–H groups in total. The first-order valence-electron chi connectivity index (χ1n) is 7.08. The number of nitrogens with one attached hydrogen (secondary N) is 3. The lowest BCUT2D eigenvalue weighted by atomic mass is 10.2. The van der Waals surface area contributed by atoms with Crippen molar-refractivity contribution in [2.24, 2.45) is 11.8 Å². The lowest BCUT2D eigenvalue weighted by molar-refractivity contribution is -0.139. The number of carboxylic acid groups (broad SMARTS) is 1. The lowest BCUT2D eigenvalue weighted by Crippen LogP contribution is -2.34. The number of carbonyl (C=O) groups excluding carboxylic acids is 2. The summed E-state index contributed by atoms with van der Waals surface area (Å²) >= 11 is 0. The van der Waals surface area contributed by atoms with E-state index < -0.39 is 17.8 Å². The Bertz CT molecular complexity index is 583. The Labute approximate surface area is 128 Å². The average Bonchev–Trinajstić information content (AvgIpc) is 3.20. The molecule has 3 amide bonds. The first-order valence-corrected chi connectivity index (χ1v) is 7.08. The van der Waals surface area contributed by atoms with Crippen molar-refractivity contribution >= 4 is 29.3 Å². The van der Waals surface area contributed by atoms with Gasteiger partial charge >= 0.3 is 12.0 Å². The minimum Gasteiger partial charge on any atom is -0.481 e. The Morgan fingerprint density at radius 3 is 2.05 bits per heavy atom. The topological polar surface area (TPSA) is 108 Å². The molecule has 1 aliphatic carbocycles. The zero-order chi connectivity index (χ0) is 16.3. The van der Waals surface area contributed by atoms with Crippen LogP contribution in [0.25, 0.3) is 0 Å². The minimum atomic E-state index is -0.934. The molecule has 7 heteroatoms. The van der Waals surface area contributed by atoms with Crippen LogP contribution < -0.4 is 16.0 Å². The van der Waals surface area contributed by atoms with E-state index >= 15 is 0 Å². The summed E-state index contributed by atoms with van der Waals surface area (Å²) < 4.78 is 0. The first kappa shape index (κ1) is 15.8. The molecule has 1 aromatic rings. The summed E-state index contributed by atoms with van der Waals surface area (Å²) in [4.78, 5) is 34.1. The summed E-state index contributed by atoms with van der Waals surface area (Å²) in [6.07, 6.45) is 0.385. The number of hydrogen-bond donors (Lipinski definition) is 4. The Morgan fingerprint density at radius 1 is 1.05 bits per heavy atom. The molecule has 2 unspecified atom stereocenters. The highest BCUT2D eigenvalue weighted by atomic mass is 16.4. The monoisotopic (exact) mass is 305 g/mol. The van der Waals surface area contributed by atoms with Gasteiger partial charge < -0.3 is 21.1 Å². The van der Waals surface area contributed by atoms with Gasteiger partial charge in [0.05, 0.1) is 11.8 Å². The highest BCUT2D eigenvalue weighted by Gasteiger charge is 2.48. The largest absolute Gasteiger partial charge is 0.481 e. The highest BCUT2D eigenvalue weighted by molar-refractivity contribution is 5.98. The molecule has 1 fully saturated rings. The summed E-state index contributed by atoms with van der Waals surface area (Å²) in [5.41, 5.74) is 1.17. The van der Waals surface area contributed by atoms with E-state index in [1.807, 2.05) is 13.8 Å². The third-order valence-electron chi connectivity index (χ3n) is 3.27. The van der Waals surface area contributed by atoms with Crippen LogP contribution in [0.5, 0.6) is 0 Å². The van der Waals surface area contributed by atoms with Gasteiger partial charge in [-0.1, -0.05) is 0 Å². The zero-order valence-corrected chi connectivity index (χ0v) is 12.4. The highest BCUT2D eigenvalue weighted by Crippen LogP contribution is 2.39. The number of hydrogen-bond acceptors (Lipinski definition) is 3. The Kier molecular flexibility index (Phi) is 4.65. The number of anilines is 2. The molecule has 0 heterocycles.